The van der Waals surface area contributed by atoms with Gasteiger partial charge in [-0.3, -0.25) is 0 Å². The summed E-state index contributed by atoms with van der Waals surface area (Å²) in [7, 11) is 0. The smallest absolute Gasteiger partial charge is 0.231 e. The zero-order chi connectivity index (χ0) is 12.3. The van der Waals surface area contributed by atoms with Gasteiger partial charge >= 0.3 is 0 Å². The van der Waals surface area contributed by atoms with Gasteiger partial charge in [0, 0.05) is 19.1 Å². The highest BCUT2D eigenvalue weighted by atomic mass is 16.7. The highest BCUT2D eigenvalue weighted by molar-refractivity contribution is 5.44. The van der Waals surface area contributed by atoms with E-state index in [0.29, 0.717) is 12.7 Å². The number of nitrogens with two attached hydrogens (primary N) is 1. The van der Waals surface area contributed by atoms with Gasteiger partial charge in [0.1, 0.15) is 0 Å². The number of fused-ring (bicyclic) bond motifs is 1. The molecule has 0 spiro atoms. The fourth-order valence-corrected chi connectivity index (χ4v) is 1.67. The monoisotopic (exact) mass is 236 g/mol. The van der Waals surface area contributed by atoms with E-state index >= 15 is 0 Å². The van der Waals surface area contributed by atoms with Gasteiger partial charge in [-0.15, -0.1) is 0 Å². The van der Waals surface area contributed by atoms with E-state index in [1.165, 1.54) is 5.56 Å². The largest absolute Gasteiger partial charge is 0.454 e. The van der Waals surface area contributed by atoms with Gasteiger partial charge in [0.2, 0.25) is 6.79 Å². The Hall–Kier alpha value is -1.26. The molecular formula is C13H20N2O2. The van der Waals surface area contributed by atoms with Gasteiger partial charge in [-0.2, -0.15) is 0 Å². The summed E-state index contributed by atoms with van der Waals surface area (Å²) in [6, 6.07) is 6.20. The van der Waals surface area contributed by atoms with E-state index < -0.39 is 0 Å². The van der Waals surface area contributed by atoms with Crippen molar-refractivity contribution in [1.82, 2.24) is 5.32 Å². The second kappa shape index (κ2) is 5.38. The fraction of sp³-hybridized carbons (Fsp3) is 0.538. The van der Waals surface area contributed by atoms with Gasteiger partial charge in [0.05, 0.1) is 0 Å². The lowest BCUT2D eigenvalue weighted by Gasteiger charge is -2.16. The molecule has 1 aliphatic rings. The first kappa shape index (κ1) is 12.2. The average molecular weight is 236 g/mol. The summed E-state index contributed by atoms with van der Waals surface area (Å²) in [6.07, 6.45) is 0. The molecule has 0 saturated heterocycles. The predicted octanol–water partition coefficient (Wildman–Crippen LogP) is 1.49. The second-order valence-corrected chi connectivity index (χ2v) is 4.73. The lowest BCUT2D eigenvalue weighted by molar-refractivity contribution is 0.174. The van der Waals surface area contributed by atoms with Crippen LogP contribution in [-0.2, 0) is 6.54 Å². The zero-order valence-electron chi connectivity index (χ0n) is 10.4. The summed E-state index contributed by atoms with van der Waals surface area (Å²) in [6.45, 7) is 6.22. The number of hydrogen-bond donors (Lipinski definition) is 2. The highest BCUT2D eigenvalue weighted by Crippen LogP contribution is 2.32. The molecule has 17 heavy (non-hydrogen) atoms. The van der Waals surface area contributed by atoms with Crippen molar-refractivity contribution < 1.29 is 9.47 Å². The topological polar surface area (TPSA) is 56.5 Å². The quantitative estimate of drug-likeness (QED) is 0.813. The molecule has 0 aromatic heterocycles. The maximum atomic E-state index is 5.96. The van der Waals surface area contributed by atoms with Crippen LogP contribution in [0.3, 0.4) is 0 Å². The van der Waals surface area contributed by atoms with Crippen molar-refractivity contribution in [2.24, 2.45) is 11.7 Å². The average Bonchev–Trinajstić information content (AvgIpc) is 2.75. The summed E-state index contributed by atoms with van der Waals surface area (Å²) < 4.78 is 10.6. The maximum Gasteiger partial charge on any atom is 0.231 e. The molecule has 1 aliphatic heterocycles. The van der Waals surface area contributed by atoms with Gasteiger partial charge < -0.3 is 20.5 Å². The SMILES string of the molecule is CC(C)C(N)CNCc1ccc2c(c1)OCO2. The molecule has 0 bridgehead atoms. The Morgan fingerprint density at radius 2 is 2.06 bits per heavy atom. The zero-order valence-corrected chi connectivity index (χ0v) is 10.4. The lowest BCUT2D eigenvalue weighted by atomic mass is 10.1. The molecular weight excluding hydrogens is 216 g/mol. The van der Waals surface area contributed by atoms with Crippen molar-refractivity contribution in [3.05, 3.63) is 23.8 Å². The van der Waals surface area contributed by atoms with Gasteiger partial charge in [-0.25, -0.2) is 0 Å². The van der Waals surface area contributed by atoms with Crippen LogP contribution in [0.2, 0.25) is 0 Å². The summed E-state index contributed by atoms with van der Waals surface area (Å²) in [5.74, 6) is 2.16. The molecule has 0 fully saturated rings. The molecule has 4 heteroatoms. The van der Waals surface area contributed by atoms with Crippen LogP contribution in [0.15, 0.2) is 18.2 Å². The van der Waals surface area contributed by atoms with E-state index in [9.17, 15) is 0 Å². The van der Waals surface area contributed by atoms with E-state index in [-0.39, 0.29) is 6.04 Å². The summed E-state index contributed by atoms with van der Waals surface area (Å²) >= 11 is 0. The van der Waals surface area contributed by atoms with Gasteiger partial charge in [-0.05, 0) is 23.6 Å². The number of rotatable bonds is 5. The van der Waals surface area contributed by atoms with Crippen molar-refractivity contribution in [2.75, 3.05) is 13.3 Å². The van der Waals surface area contributed by atoms with Crippen molar-refractivity contribution in [1.29, 1.82) is 0 Å². The van der Waals surface area contributed by atoms with E-state index in [4.69, 9.17) is 15.2 Å². The summed E-state index contributed by atoms with van der Waals surface area (Å²) in [5.41, 5.74) is 7.15. The first-order valence-electron chi connectivity index (χ1n) is 6.01. The first-order valence-corrected chi connectivity index (χ1v) is 6.01. The third-order valence-electron chi connectivity index (χ3n) is 3.00. The highest BCUT2D eigenvalue weighted by Gasteiger charge is 2.13. The van der Waals surface area contributed by atoms with Crippen LogP contribution in [0.25, 0.3) is 0 Å². The summed E-state index contributed by atoms with van der Waals surface area (Å²) in [4.78, 5) is 0. The number of ether oxygens (including phenoxy) is 2. The van der Waals surface area contributed by atoms with Crippen molar-refractivity contribution in [2.45, 2.75) is 26.4 Å². The van der Waals surface area contributed by atoms with Crippen LogP contribution < -0.4 is 20.5 Å². The van der Waals surface area contributed by atoms with Gasteiger partial charge in [0.15, 0.2) is 11.5 Å². The fourth-order valence-electron chi connectivity index (χ4n) is 1.67. The number of nitrogens with one attached hydrogen (secondary N) is 1. The number of hydrogen-bond acceptors (Lipinski definition) is 4. The van der Waals surface area contributed by atoms with E-state index in [1.807, 2.05) is 18.2 Å². The van der Waals surface area contributed by atoms with Gasteiger partial charge in [-0.1, -0.05) is 19.9 Å². The normalized spacial score (nSPS) is 15.3. The molecule has 0 aliphatic carbocycles. The molecule has 1 aromatic carbocycles. The molecule has 1 aromatic rings. The molecule has 2 rings (SSSR count). The third-order valence-corrected chi connectivity index (χ3v) is 3.00. The second-order valence-electron chi connectivity index (χ2n) is 4.73. The predicted molar refractivity (Wildman–Crippen MR) is 67.1 cm³/mol. The van der Waals surface area contributed by atoms with Crippen LogP contribution in [0.1, 0.15) is 19.4 Å². The van der Waals surface area contributed by atoms with Gasteiger partial charge in [0.25, 0.3) is 0 Å². The van der Waals surface area contributed by atoms with Crippen LogP contribution in [-0.4, -0.2) is 19.4 Å². The molecule has 1 atom stereocenters. The first-order chi connectivity index (χ1) is 8.16. The number of benzene rings is 1. The van der Waals surface area contributed by atoms with Crippen LogP contribution >= 0.6 is 0 Å². The lowest BCUT2D eigenvalue weighted by Crippen LogP contribution is -2.37. The molecule has 0 saturated carbocycles. The standard InChI is InChI=1S/C13H20N2O2/c1-9(2)11(14)7-15-6-10-3-4-12-13(5-10)17-8-16-12/h3-5,9,11,15H,6-8,14H2,1-2H3. The Balaban J connectivity index is 1.83. The van der Waals surface area contributed by atoms with Crippen LogP contribution in [0.5, 0.6) is 11.5 Å². The minimum atomic E-state index is 0.198. The van der Waals surface area contributed by atoms with Crippen molar-refractivity contribution in [3.8, 4) is 11.5 Å². The third kappa shape index (κ3) is 3.11. The Labute approximate surface area is 102 Å². The molecule has 0 amide bonds. The molecule has 94 valence electrons. The summed E-state index contributed by atoms with van der Waals surface area (Å²) in [5, 5.41) is 3.35. The van der Waals surface area contributed by atoms with Crippen LogP contribution in [0, 0.1) is 5.92 Å². The molecule has 4 nitrogen and oxygen atoms in total. The van der Waals surface area contributed by atoms with E-state index in [1.54, 1.807) is 0 Å². The molecule has 1 unspecified atom stereocenters. The Morgan fingerprint density at radius 3 is 2.82 bits per heavy atom. The van der Waals surface area contributed by atoms with Crippen LogP contribution in [0.4, 0.5) is 0 Å². The van der Waals surface area contributed by atoms with E-state index in [0.717, 1.165) is 24.6 Å². The Morgan fingerprint density at radius 1 is 1.29 bits per heavy atom. The Kier molecular flexibility index (Phi) is 3.86. The van der Waals surface area contributed by atoms with Crippen molar-refractivity contribution in [3.63, 3.8) is 0 Å². The van der Waals surface area contributed by atoms with E-state index in [2.05, 4.69) is 19.2 Å². The minimum Gasteiger partial charge on any atom is -0.454 e. The molecule has 1 heterocycles. The van der Waals surface area contributed by atoms with Crippen molar-refractivity contribution >= 4 is 0 Å². The molecule has 3 N–H and O–H groups in total. The maximum absolute atomic E-state index is 5.96. The minimum absolute atomic E-state index is 0.198. The molecule has 0 radical (unpaired) electrons. The Bertz CT molecular complexity index is 380.